The molecule has 6 heteroatoms. The maximum Gasteiger partial charge on any atom is 0.254 e. The van der Waals surface area contributed by atoms with Gasteiger partial charge < -0.3 is 9.32 Å². The number of fused-ring (bicyclic) bond motifs is 1. The van der Waals surface area contributed by atoms with E-state index in [9.17, 15) is 4.79 Å². The molecule has 1 aliphatic heterocycles. The first-order valence-electron chi connectivity index (χ1n) is 9.26. The van der Waals surface area contributed by atoms with Crippen LogP contribution < -0.4 is 0 Å². The van der Waals surface area contributed by atoms with Crippen LogP contribution in [0.1, 0.15) is 50.0 Å². The van der Waals surface area contributed by atoms with Crippen molar-refractivity contribution in [3.63, 3.8) is 0 Å². The van der Waals surface area contributed by atoms with E-state index >= 15 is 0 Å². The topological polar surface area (TPSA) is 64.2 Å². The Labute approximate surface area is 152 Å². The van der Waals surface area contributed by atoms with Gasteiger partial charge in [-0.25, -0.2) is 9.67 Å². The van der Waals surface area contributed by atoms with Gasteiger partial charge in [0.25, 0.3) is 5.91 Å². The predicted octanol–water partition coefficient (Wildman–Crippen LogP) is 4.14. The summed E-state index contributed by atoms with van der Waals surface area (Å²) in [4.78, 5) is 20.0. The van der Waals surface area contributed by atoms with E-state index in [-0.39, 0.29) is 11.9 Å². The van der Waals surface area contributed by atoms with Gasteiger partial charge in [-0.05, 0) is 50.8 Å². The highest BCUT2D eigenvalue weighted by atomic mass is 16.3. The number of piperidine rings is 1. The van der Waals surface area contributed by atoms with Crippen LogP contribution in [0, 0.1) is 5.92 Å². The zero-order chi connectivity index (χ0) is 18.3. The minimum Gasteiger partial charge on any atom is -0.463 e. The van der Waals surface area contributed by atoms with Crippen molar-refractivity contribution in [3.05, 3.63) is 36.2 Å². The van der Waals surface area contributed by atoms with E-state index in [1.54, 1.807) is 12.5 Å². The van der Waals surface area contributed by atoms with Gasteiger partial charge in [0.15, 0.2) is 11.4 Å². The second-order valence-electron chi connectivity index (χ2n) is 7.45. The monoisotopic (exact) mass is 352 g/mol. The van der Waals surface area contributed by atoms with E-state index in [0.29, 0.717) is 22.9 Å². The molecule has 0 spiro atoms. The van der Waals surface area contributed by atoms with Crippen molar-refractivity contribution in [2.75, 3.05) is 13.1 Å². The summed E-state index contributed by atoms with van der Waals surface area (Å²) in [6.45, 7) is 7.92. The maximum atomic E-state index is 13.3. The molecule has 26 heavy (non-hydrogen) atoms. The van der Waals surface area contributed by atoms with E-state index in [1.165, 1.54) is 6.42 Å². The number of likely N-dealkylation sites (tertiary alicyclic amines) is 1. The molecule has 1 saturated heterocycles. The first-order chi connectivity index (χ1) is 12.5. The molecule has 3 aromatic heterocycles. The molecule has 6 nitrogen and oxygen atoms in total. The first-order valence-corrected chi connectivity index (χ1v) is 9.26. The number of aromatic nitrogens is 3. The minimum atomic E-state index is 0.0556. The zero-order valence-corrected chi connectivity index (χ0v) is 15.5. The number of hydrogen-bond donors (Lipinski definition) is 0. The van der Waals surface area contributed by atoms with Gasteiger partial charge in [0.2, 0.25) is 0 Å². The Morgan fingerprint density at radius 1 is 1.38 bits per heavy atom. The van der Waals surface area contributed by atoms with Gasteiger partial charge in [0, 0.05) is 19.1 Å². The average Bonchev–Trinajstić information content (AvgIpc) is 3.29. The van der Waals surface area contributed by atoms with Gasteiger partial charge in [0.05, 0.1) is 23.4 Å². The molecule has 0 radical (unpaired) electrons. The van der Waals surface area contributed by atoms with Gasteiger partial charge in [0.1, 0.15) is 5.69 Å². The third kappa shape index (κ3) is 2.89. The predicted molar refractivity (Wildman–Crippen MR) is 99.9 cm³/mol. The van der Waals surface area contributed by atoms with Crippen LogP contribution in [0.4, 0.5) is 0 Å². The quantitative estimate of drug-likeness (QED) is 0.710. The van der Waals surface area contributed by atoms with Crippen molar-refractivity contribution in [1.82, 2.24) is 19.7 Å². The van der Waals surface area contributed by atoms with Gasteiger partial charge in [-0.1, -0.05) is 6.92 Å². The highest BCUT2D eigenvalue weighted by molar-refractivity contribution is 6.06. The Morgan fingerprint density at radius 3 is 2.92 bits per heavy atom. The number of carbonyl (C=O) groups excluding carboxylic acids is 1. The number of amides is 1. The van der Waals surface area contributed by atoms with Crippen molar-refractivity contribution >= 4 is 16.9 Å². The molecule has 1 atom stereocenters. The summed E-state index contributed by atoms with van der Waals surface area (Å²) in [6.07, 6.45) is 5.61. The average molecular weight is 352 g/mol. The van der Waals surface area contributed by atoms with Crippen LogP contribution in [0.25, 0.3) is 22.5 Å². The SMILES string of the molecule is CC1CCCN(C(=O)c2cc(-c3ccco3)nc3c2cnn3C(C)C)C1. The van der Waals surface area contributed by atoms with Crippen molar-refractivity contribution in [2.24, 2.45) is 5.92 Å². The standard InChI is InChI=1S/C20H24N4O2/c1-13(2)24-19-16(11-21-24)15(10-17(22-19)18-7-5-9-26-18)20(25)23-8-4-6-14(3)12-23/h5,7,9-11,13-14H,4,6,8,12H2,1-3H3. The lowest BCUT2D eigenvalue weighted by molar-refractivity contribution is 0.0685. The van der Waals surface area contributed by atoms with E-state index < -0.39 is 0 Å². The lowest BCUT2D eigenvalue weighted by Crippen LogP contribution is -2.39. The van der Waals surface area contributed by atoms with Crippen LogP contribution in [-0.2, 0) is 0 Å². The minimum absolute atomic E-state index is 0.0556. The van der Waals surface area contributed by atoms with Gasteiger partial charge >= 0.3 is 0 Å². The van der Waals surface area contributed by atoms with Crippen molar-refractivity contribution in [1.29, 1.82) is 0 Å². The summed E-state index contributed by atoms with van der Waals surface area (Å²) in [7, 11) is 0. The van der Waals surface area contributed by atoms with Crippen LogP contribution in [0.2, 0.25) is 0 Å². The number of rotatable bonds is 3. The fourth-order valence-electron chi connectivity index (χ4n) is 3.67. The fraction of sp³-hybridized carbons (Fsp3) is 0.450. The van der Waals surface area contributed by atoms with Crippen LogP contribution in [-0.4, -0.2) is 38.7 Å². The number of carbonyl (C=O) groups is 1. The summed E-state index contributed by atoms with van der Waals surface area (Å²) in [5, 5.41) is 5.28. The fourth-order valence-corrected chi connectivity index (χ4v) is 3.67. The van der Waals surface area contributed by atoms with E-state index in [1.807, 2.05) is 27.8 Å². The van der Waals surface area contributed by atoms with Gasteiger partial charge in [-0.3, -0.25) is 4.79 Å². The van der Waals surface area contributed by atoms with Crippen molar-refractivity contribution in [3.8, 4) is 11.5 Å². The molecule has 1 fully saturated rings. The van der Waals surface area contributed by atoms with E-state index in [4.69, 9.17) is 9.40 Å². The molecule has 0 N–H and O–H groups in total. The molecule has 136 valence electrons. The molecular weight excluding hydrogens is 328 g/mol. The van der Waals surface area contributed by atoms with Crippen LogP contribution in [0.15, 0.2) is 35.1 Å². The summed E-state index contributed by atoms with van der Waals surface area (Å²) < 4.78 is 7.38. The summed E-state index contributed by atoms with van der Waals surface area (Å²) in [5.41, 5.74) is 2.04. The molecule has 4 rings (SSSR count). The lowest BCUT2D eigenvalue weighted by Gasteiger charge is -2.31. The molecule has 4 heterocycles. The molecule has 0 bridgehead atoms. The first kappa shape index (κ1) is 16.8. The summed E-state index contributed by atoms with van der Waals surface area (Å²) in [6, 6.07) is 5.69. The zero-order valence-electron chi connectivity index (χ0n) is 15.5. The smallest absolute Gasteiger partial charge is 0.254 e. The van der Waals surface area contributed by atoms with Crippen LogP contribution in [0.5, 0.6) is 0 Å². The van der Waals surface area contributed by atoms with Crippen molar-refractivity contribution in [2.45, 2.75) is 39.7 Å². The molecule has 3 aromatic rings. The summed E-state index contributed by atoms with van der Waals surface area (Å²) in [5.74, 6) is 1.25. The number of furan rings is 1. The third-order valence-electron chi connectivity index (χ3n) is 5.00. The Balaban J connectivity index is 1.85. The normalized spacial score (nSPS) is 18.0. The second kappa shape index (κ2) is 6.59. The molecule has 1 amide bonds. The number of hydrogen-bond acceptors (Lipinski definition) is 4. The molecule has 1 aliphatic rings. The van der Waals surface area contributed by atoms with Crippen LogP contribution in [0.3, 0.4) is 0 Å². The highest BCUT2D eigenvalue weighted by Crippen LogP contribution is 2.28. The maximum absolute atomic E-state index is 13.3. The van der Waals surface area contributed by atoms with E-state index in [0.717, 1.165) is 30.5 Å². The Morgan fingerprint density at radius 2 is 2.23 bits per heavy atom. The Kier molecular flexibility index (Phi) is 4.26. The van der Waals surface area contributed by atoms with Gasteiger partial charge in [-0.15, -0.1) is 0 Å². The third-order valence-corrected chi connectivity index (χ3v) is 5.00. The summed E-state index contributed by atoms with van der Waals surface area (Å²) >= 11 is 0. The molecule has 0 aliphatic carbocycles. The Bertz CT molecular complexity index is 927. The number of nitrogens with zero attached hydrogens (tertiary/aromatic N) is 4. The lowest BCUT2D eigenvalue weighted by atomic mass is 9.99. The number of pyridine rings is 1. The molecule has 0 aromatic carbocycles. The van der Waals surface area contributed by atoms with Crippen molar-refractivity contribution < 1.29 is 9.21 Å². The largest absolute Gasteiger partial charge is 0.463 e. The Hall–Kier alpha value is -2.63. The molecular formula is C20H24N4O2. The van der Waals surface area contributed by atoms with Gasteiger partial charge in [-0.2, -0.15) is 5.10 Å². The highest BCUT2D eigenvalue weighted by Gasteiger charge is 2.26. The molecule has 0 saturated carbocycles. The second-order valence-corrected chi connectivity index (χ2v) is 7.45. The van der Waals surface area contributed by atoms with Crippen LogP contribution >= 0.6 is 0 Å². The van der Waals surface area contributed by atoms with E-state index in [2.05, 4.69) is 25.9 Å². The molecule has 1 unspecified atom stereocenters.